The summed E-state index contributed by atoms with van der Waals surface area (Å²) in [5.41, 5.74) is 3.14. The Balaban J connectivity index is 1.80. The van der Waals surface area contributed by atoms with Gasteiger partial charge in [-0.15, -0.1) is 0 Å². The number of amides is 1. The van der Waals surface area contributed by atoms with E-state index in [2.05, 4.69) is 15.9 Å². The molecule has 0 saturated carbocycles. The van der Waals surface area contributed by atoms with Crippen LogP contribution in [0.5, 0.6) is 5.75 Å². The third kappa shape index (κ3) is 3.86. The monoisotopic (exact) mass is 473 g/mol. The number of ketones is 1. The highest BCUT2D eigenvalue weighted by atomic mass is 79.9. The van der Waals surface area contributed by atoms with Crippen LogP contribution in [0.2, 0.25) is 5.02 Å². The number of allylic oxidation sites excluding steroid dienone is 2. The molecule has 0 aromatic heterocycles. The molecule has 0 spiro atoms. The van der Waals surface area contributed by atoms with Gasteiger partial charge in [-0.3, -0.25) is 14.5 Å². The molecular weight excluding hydrogens is 454 g/mol. The second-order valence-corrected chi connectivity index (χ2v) is 8.54. The van der Waals surface area contributed by atoms with E-state index in [9.17, 15) is 9.59 Å². The maximum absolute atomic E-state index is 13.2. The number of carbonyl (C=O) groups is 2. The second-order valence-electron chi connectivity index (χ2n) is 7.22. The molecule has 1 atom stereocenters. The van der Waals surface area contributed by atoms with E-state index in [-0.39, 0.29) is 24.0 Å². The van der Waals surface area contributed by atoms with Gasteiger partial charge in [0.25, 0.3) is 0 Å². The van der Waals surface area contributed by atoms with Crippen molar-refractivity contribution in [1.29, 1.82) is 0 Å². The Labute approximate surface area is 183 Å². The average Bonchev–Trinajstić information content (AvgIpc) is 2.69. The normalized spacial score (nSPS) is 19.4. The van der Waals surface area contributed by atoms with Gasteiger partial charge < -0.3 is 4.74 Å². The van der Waals surface area contributed by atoms with E-state index < -0.39 is 0 Å². The number of ether oxygens (including phenoxy) is 1. The molecule has 0 saturated heterocycles. The molecule has 150 valence electrons. The number of anilines is 1. The van der Waals surface area contributed by atoms with E-state index in [1.807, 2.05) is 43.3 Å². The third-order valence-electron chi connectivity index (χ3n) is 5.42. The fraction of sp³-hybridized carbons (Fsp3) is 0.304. The summed E-state index contributed by atoms with van der Waals surface area (Å²) in [6.07, 6.45) is 2.19. The zero-order valence-corrected chi connectivity index (χ0v) is 18.4. The summed E-state index contributed by atoms with van der Waals surface area (Å²) in [7, 11) is 0. The molecule has 4 rings (SSSR count). The first-order valence-corrected chi connectivity index (χ1v) is 10.9. The Morgan fingerprint density at radius 1 is 1.14 bits per heavy atom. The number of hydrogen-bond donors (Lipinski definition) is 0. The van der Waals surface area contributed by atoms with Crippen molar-refractivity contribution in [2.24, 2.45) is 0 Å². The van der Waals surface area contributed by atoms with Crippen molar-refractivity contribution in [3.05, 3.63) is 68.8 Å². The van der Waals surface area contributed by atoms with Crippen molar-refractivity contribution < 1.29 is 14.3 Å². The van der Waals surface area contributed by atoms with E-state index in [0.29, 0.717) is 30.2 Å². The van der Waals surface area contributed by atoms with E-state index in [1.54, 1.807) is 11.0 Å². The van der Waals surface area contributed by atoms with Gasteiger partial charge in [0.15, 0.2) is 5.78 Å². The lowest BCUT2D eigenvalue weighted by molar-refractivity contribution is -0.119. The Bertz CT molecular complexity index is 1000. The Morgan fingerprint density at radius 3 is 2.59 bits per heavy atom. The number of Topliss-reactive ketones (excluding diaryl/α,β-unsaturated/α-hetero) is 1. The van der Waals surface area contributed by atoms with E-state index in [4.69, 9.17) is 16.3 Å². The highest BCUT2D eigenvalue weighted by Crippen LogP contribution is 2.45. The molecule has 1 unspecified atom stereocenters. The summed E-state index contributed by atoms with van der Waals surface area (Å²) in [6.45, 7) is 2.53. The van der Waals surface area contributed by atoms with Gasteiger partial charge in [0.05, 0.1) is 17.3 Å². The molecule has 2 aromatic rings. The lowest BCUT2D eigenvalue weighted by atomic mass is 9.77. The average molecular weight is 475 g/mol. The van der Waals surface area contributed by atoms with Crippen LogP contribution in [0.25, 0.3) is 0 Å². The molecule has 2 aliphatic rings. The van der Waals surface area contributed by atoms with Gasteiger partial charge in [-0.25, -0.2) is 0 Å². The molecule has 4 nitrogen and oxygen atoms in total. The zero-order valence-electron chi connectivity index (χ0n) is 16.1. The Morgan fingerprint density at radius 2 is 1.90 bits per heavy atom. The highest BCUT2D eigenvalue weighted by molar-refractivity contribution is 9.10. The fourth-order valence-corrected chi connectivity index (χ4v) is 4.94. The van der Waals surface area contributed by atoms with E-state index in [1.165, 1.54) is 0 Å². The highest BCUT2D eigenvalue weighted by Gasteiger charge is 2.40. The predicted molar refractivity (Wildman–Crippen MR) is 117 cm³/mol. The van der Waals surface area contributed by atoms with Crippen LogP contribution in [0.1, 0.15) is 44.1 Å². The van der Waals surface area contributed by atoms with E-state index in [0.717, 1.165) is 33.5 Å². The smallest absolute Gasteiger partial charge is 0.232 e. The topological polar surface area (TPSA) is 46.6 Å². The van der Waals surface area contributed by atoms with Crippen molar-refractivity contribution in [3.8, 4) is 5.75 Å². The standard InChI is InChI=1S/C23H21BrClNO3/c1-2-29-16-9-6-14(7-10-16)17-13-22(28)26(19-11-8-15(24)12-18(19)25)20-4-3-5-21(27)23(17)20/h6-12,17H,2-5,13H2,1H3. The lowest BCUT2D eigenvalue weighted by Crippen LogP contribution is -2.40. The summed E-state index contributed by atoms with van der Waals surface area (Å²) >= 11 is 9.86. The minimum absolute atomic E-state index is 0.0402. The van der Waals surface area contributed by atoms with Gasteiger partial charge >= 0.3 is 0 Å². The van der Waals surface area contributed by atoms with Crippen molar-refractivity contribution in [3.63, 3.8) is 0 Å². The van der Waals surface area contributed by atoms with Gasteiger partial charge in [0.1, 0.15) is 5.75 Å². The number of nitrogens with zero attached hydrogens (tertiary/aromatic N) is 1. The summed E-state index contributed by atoms with van der Waals surface area (Å²) in [5, 5.41) is 0.483. The quantitative estimate of drug-likeness (QED) is 0.543. The van der Waals surface area contributed by atoms with Gasteiger partial charge in [-0.05, 0) is 55.7 Å². The molecule has 29 heavy (non-hydrogen) atoms. The molecule has 1 heterocycles. The second kappa shape index (κ2) is 8.33. The van der Waals surface area contributed by atoms with Crippen molar-refractivity contribution in [1.82, 2.24) is 0 Å². The SMILES string of the molecule is CCOc1ccc(C2CC(=O)N(c3ccc(Br)cc3Cl)C3=C2C(=O)CCC3)cc1. The van der Waals surface area contributed by atoms with Crippen molar-refractivity contribution >= 4 is 44.9 Å². The first kappa shape index (κ1) is 20.2. The van der Waals surface area contributed by atoms with Crippen molar-refractivity contribution in [2.75, 3.05) is 11.5 Å². The van der Waals surface area contributed by atoms with Crippen LogP contribution in [0, 0.1) is 0 Å². The summed E-state index contributed by atoms with van der Waals surface area (Å²) in [6, 6.07) is 13.2. The number of halogens is 2. The molecule has 0 bridgehead atoms. The molecule has 0 radical (unpaired) electrons. The maximum Gasteiger partial charge on any atom is 0.232 e. The van der Waals surface area contributed by atoms with Crippen LogP contribution in [-0.4, -0.2) is 18.3 Å². The van der Waals surface area contributed by atoms with Gasteiger partial charge in [0, 0.05) is 34.5 Å². The first-order valence-electron chi connectivity index (χ1n) is 9.76. The molecule has 2 aromatic carbocycles. The van der Waals surface area contributed by atoms with Gasteiger partial charge in [-0.2, -0.15) is 0 Å². The fourth-order valence-electron chi connectivity index (χ4n) is 4.18. The lowest BCUT2D eigenvalue weighted by Gasteiger charge is -2.38. The Hall–Kier alpha value is -2.11. The number of rotatable bonds is 4. The Kier molecular flexibility index (Phi) is 5.79. The molecule has 0 N–H and O–H groups in total. The molecule has 6 heteroatoms. The molecule has 0 fully saturated rings. The third-order valence-corrected chi connectivity index (χ3v) is 6.22. The van der Waals surface area contributed by atoms with E-state index >= 15 is 0 Å². The molecular formula is C23H21BrClNO3. The molecule has 1 amide bonds. The van der Waals surface area contributed by atoms with Crippen LogP contribution in [-0.2, 0) is 9.59 Å². The molecule has 1 aliphatic heterocycles. The minimum atomic E-state index is -0.230. The van der Waals surface area contributed by atoms with Crippen LogP contribution < -0.4 is 9.64 Å². The number of carbonyl (C=O) groups excluding carboxylic acids is 2. The number of benzene rings is 2. The predicted octanol–water partition coefficient (Wildman–Crippen LogP) is 6.03. The summed E-state index contributed by atoms with van der Waals surface area (Å²) in [4.78, 5) is 27.8. The largest absolute Gasteiger partial charge is 0.494 e. The van der Waals surface area contributed by atoms with Crippen LogP contribution >= 0.6 is 27.5 Å². The number of hydrogen-bond acceptors (Lipinski definition) is 3. The van der Waals surface area contributed by atoms with Gasteiger partial charge in [0.2, 0.25) is 5.91 Å². The van der Waals surface area contributed by atoms with Crippen LogP contribution in [0.4, 0.5) is 5.69 Å². The van der Waals surface area contributed by atoms with Crippen molar-refractivity contribution in [2.45, 2.75) is 38.5 Å². The summed E-state index contributed by atoms with van der Waals surface area (Å²) < 4.78 is 6.37. The summed E-state index contributed by atoms with van der Waals surface area (Å²) in [5.74, 6) is 0.634. The maximum atomic E-state index is 13.2. The first-order chi connectivity index (χ1) is 14.0. The zero-order chi connectivity index (χ0) is 20.5. The van der Waals surface area contributed by atoms with Crippen LogP contribution in [0.3, 0.4) is 0 Å². The van der Waals surface area contributed by atoms with Gasteiger partial charge in [-0.1, -0.05) is 39.7 Å². The van der Waals surface area contributed by atoms with Crippen LogP contribution in [0.15, 0.2) is 58.2 Å². The minimum Gasteiger partial charge on any atom is -0.494 e. The molecule has 1 aliphatic carbocycles.